The molecule has 0 bridgehead atoms. The lowest BCUT2D eigenvalue weighted by Gasteiger charge is -2.07. The zero-order valence-corrected chi connectivity index (χ0v) is 17.1. The van der Waals surface area contributed by atoms with E-state index < -0.39 is 0 Å². The van der Waals surface area contributed by atoms with E-state index in [9.17, 15) is 9.59 Å². The van der Waals surface area contributed by atoms with E-state index in [4.69, 9.17) is 0 Å². The van der Waals surface area contributed by atoms with Crippen molar-refractivity contribution in [2.24, 2.45) is 0 Å². The van der Waals surface area contributed by atoms with Gasteiger partial charge in [-0.25, -0.2) is 0 Å². The van der Waals surface area contributed by atoms with Crippen molar-refractivity contribution >= 4 is 11.6 Å². The Hall–Kier alpha value is -3.78. The maximum absolute atomic E-state index is 12.6. The Kier molecular flexibility index (Phi) is 5.40. The van der Waals surface area contributed by atoms with Gasteiger partial charge in [0.15, 0.2) is 11.6 Å². The summed E-state index contributed by atoms with van der Waals surface area (Å²) in [5.41, 5.74) is 6.97. The Morgan fingerprint density at radius 2 is 0.633 bits per heavy atom. The van der Waals surface area contributed by atoms with Gasteiger partial charge >= 0.3 is 0 Å². The Labute approximate surface area is 176 Å². The van der Waals surface area contributed by atoms with Gasteiger partial charge in [-0.3, -0.25) is 9.59 Å². The van der Waals surface area contributed by atoms with Crippen molar-refractivity contribution < 1.29 is 9.59 Å². The van der Waals surface area contributed by atoms with Crippen LogP contribution in [0.3, 0.4) is 0 Å². The average molecular weight is 390 g/mol. The summed E-state index contributed by atoms with van der Waals surface area (Å²) in [6.45, 7) is 4.01. The summed E-state index contributed by atoms with van der Waals surface area (Å²) in [4.78, 5) is 25.3. The fraction of sp³-hybridized carbons (Fsp3) is 0.0714. The Morgan fingerprint density at radius 1 is 0.400 bits per heavy atom. The largest absolute Gasteiger partial charge is 0.289 e. The Morgan fingerprint density at radius 3 is 0.900 bits per heavy atom. The zero-order valence-electron chi connectivity index (χ0n) is 17.1. The molecular weight excluding hydrogens is 368 g/mol. The zero-order chi connectivity index (χ0) is 21.1. The molecule has 0 aliphatic carbocycles. The van der Waals surface area contributed by atoms with E-state index >= 15 is 0 Å². The molecule has 0 N–H and O–H groups in total. The molecule has 0 unspecified atom stereocenters. The number of aryl methyl sites for hydroxylation is 2. The van der Waals surface area contributed by atoms with E-state index in [1.165, 1.54) is 0 Å². The van der Waals surface area contributed by atoms with E-state index in [1.807, 2.05) is 111 Å². The molecule has 0 atom stereocenters. The number of ketones is 2. The smallest absolute Gasteiger partial charge is 0.193 e. The number of carbonyl (C=O) groups is 2. The SMILES string of the molecule is Cc1ccc(C(=O)c2ccc(-c3ccc(C(=O)c4ccc(C)cc4)cc3)cc2)cc1. The third-order valence-corrected chi connectivity index (χ3v) is 5.26. The molecule has 4 aromatic rings. The van der Waals surface area contributed by atoms with Gasteiger partial charge < -0.3 is 0 Å². The lowest BCUT2D eigenvalue weighted by atomic mass is 9.97. The van der Waals surface area contributed by atoms with Crippen molar-refractivity contribution in [3.63, 3.8) is 0 Å². The van der Waals surface area contributed by atoms with Crippen LogP contribution in [-0.2, 0) is 0 Å². The summed E-state index contributed by atoms with van der Waals surface area (Å²) in [6.07, 6.45) is 0. The fourth-order valence-electron chi connectivity index (χ4n) is 3.37. The molecule has 0 fully saturated rings. The molecule has 2 nitrogen and oxygen atoms in total. The first kappa shape index (κ1) is 19.5. The van der Waals surface area contributed by atoms with Gasteiger partial charge in [-0.05, 0) is 25.0 Å². The predicted octanol–water partition coefficient (Wildman–Crippen LogP) is 6.43. The molecule has 0 radical (unpaired) electrons. The van der Waals surface area contributed by atoms with Crippen molar-refractivity contribution in [2.45, 2.75) is 13.8 Å². The highest BCUT2D eigenvalue weighted by molar-refractivity contribution is 6.10. The third kappa shape index (κ3) is 4.13. The van der Waals surface area contributed by atoms with Crippen molar-refractivity contribution in [3.05, 3.63) is 130 Å². The fourth-order valence-corrected chi connectivity index (χ4v) is 3.37. The first-order chi connectivity index (χ1) is 14.5. The minimum Gasteiger partial charge on any atom is -0.289 e. The molecule has 0 aromatic heterocycles. The first-order valence-electron chi connectivity index (χ1n) is 9.94. The number of carbonyl (C=O) groups excluding carboxylic acids is 2. The molecule has 30 heavy (non-hydrogen) atoms. The second-order valence-electron chi connectivity index (χ2n) is 7.54. The van der Waals surface area contributed by atoms with Gasteiger partial charge in [-0.2, -0.15) is 0 Å². The van der Waals surface area contributed by atoms with Crippen molar-refractivity contribution in [1.82, 2.24) is 0 Å². The van der Waals surface area contributed by atoms with Crippen LogP contribution in [-0.4, -0.2) is 11.6 Å². The van der Waals surface area contributed by atoms with Crippen LogP contribution >= 0.6 is 0 Å². The molecule has 0 spiro atoms. The van der Waals surface area contributed by atoms with Crippen LogP contribution in [0, 0.1) is 13.8 Å². The van der Waals surface area contributed by atoms with Crippen LogP contribution in [0.1, 0.15) is 43.0 Å². The summed E-state index contributed by atoms with van der Waals surface area (Å²) in [5.74, 6) is 0.0289. The maximum atomic E-state index is 12.6. The van der Waals surface area contributed by atoms with Crippen LogP contribution in [0.4, 0.5) is 0 Å². The van der Waals surface area contributed by atoms with Gasteiger partial charge in [0.25, 0.3) is 0 Å². The molecule has 4 aromatic carbocycles. The van der Waals surface area contributed by atoms with Gasteiger partial charge in [-0.1, -0.05) is 108 Å². The van der Waals surface area contributed by atoms with Gasteiger partial charge in [0.05, 0.1) is 0 Å². The average Bonchev–Trinajstić information content (AvgIpc) is 2.79. The van der Waals surface area contributed by atoms with Gasteiger partial charge in [-0.15, -0.1) is 0 Å². The summed E-state index contributed by atoms with van der Waals surface area (Å²) in [5, 5.41) is 0. The third-order valence-electron chi connectivity index (χ3n) is 5.26. The van der Waals surface area contributed by atoms with Crippen molar-refractivity contribution in [2.75, 3.05) is 0 Å². The Bertz CT molecular complexity index is 1080. The van der Waals surface area contributed by atoms with Crippen LogP contribution in [0.5, 0.6) is 0 Å². The second-order valence-corrected chi connectivity index (χ2v) is 7.54. The molecule has 0 saturated heterocycles. The standard InChI is InChI=1S/C28H22O2/c1-19-3-7-23(8-4-19)27(29)25-15-11-21(12-16-25)22-13-17-26(18-14-22)28(30)24-9-5-20(2)6-10-24/h3-18H,1-2H3. The molecule has 4 rings (SSSR count). The van der Waals surface area contributed by atoms with Crippen LogP contribution in [0.15, 0.2) is 97.1 Å². The van der Waals surface area contributed by atoms with Gasteiger partial charge in [0.1, 0.15) is 0 Å². The van der Waals surface area contributed by atoms with Crippen molar-refractivity contribution in [3.8, 4) is 11.1 Å². The van der Waals surface area contributed by atoms with Crippen LogP contribution < -0.4 is 0 Å². The molecule has 0 heterocycles. The summed E-state index contributed by atoms with van der Waals surface area (Å²) in [6, 6.07) is 30.4. The van der Waals surface area contributed by atoms with Gasteiger partial charge in [0.2, 0.25) is 0 Å². The minimum absolute atomic E-state index is 0.0144. The topological polar surface area (TPSA) is 34.1 Å². The number of hydrogen-bond acceptors (Lipinski definition) is 2. The lowest BCUT2D eigenvalue weighted by molar-refractivity contribution is 0.103. The van der Waals surface area contributed by atoms with E-state index in [1.54, 1.807) is 0 Å². The summed E-state index contributed by atoms with van der Waals surface area (Å²) >= 11 is 0. The normalized spacial score (nSPS) is 10.6. The number of hydrogen-bond donors (Lipinski definition) is 0. The summed E-state index contributed by atoms with van der Waals surface area (Å²) < 4.78 is 0. The quantitative estimate of drug-likeness (QED) is 0.368. The van der Waals surface area contributed by atoms with Crippen molar-refractivity contribution in [1.29, 1.82) is 0 Å². The monoisotopic (exact) mass is 390 g/mol. The Balaban J connectivity index is 1.52. The molecule has 146 valence electrons. The maximum Gasteiger partial charge on any atom is 0.193 e. The molecule has 0 aliphatic heterocycles. The molecule has 2 heteroatoms. The van der Waals surface area contributed by atoms with E-state index in [0.29, 0.717) is 22.3 Å². The lowest BCUT2D eigenvalue weighted by Crippen LogP contribution is -2.01. The molecular formula is C28H22O2. The van der Waals surface area contributed by atoms with E-state index in [0.717, 1.165) is 22.3 Å². The van der Waals surface area contributed by atoms with Crippen LogP contribution in [0.25, 0.3) is 11.1 Å². The highest BCUT2D eigenvalue weighted by Gasteiger charge is 2.11. The van der Waals surface area contributed by atoms with Gasteiger partial charge in [0, 0.05) is 22.3 Å². The molecule has 0 saturated carbocycles. The molecule has 0 aliphatic rings. The van der Waals surface area contributed by atoms with E-state index in [2.05, 4.69) is 0 Å². The van der Waals surface area contributed by atoms with E-state index in [-0.39, 0.29) is 11.6 Å². The number of benzene rings is 4. The first-order valence-corrected chi connectivity index (χ1v) is 9.94. The minimum atomic E-state index is 0.0144. The predicted molar refractivity (Wildman–Crippen MR) is 121 cm³/mol. The van der Waals surface area contributed by atoms with Crippen LogP contribution in [0.2, 0.25) is 0 Å². The number of rotatable bonds is 5. The summed E-state index contributed by atoms with van der Waals surface area (Å²) in [7, 11) is 0. The molecule has 0 amide bonds. The highest BCUT2D eigenvalue weighted by atomic mass is 16.1. The second kappa shape index (κ2) is 8.30. The highest BCUT2D eigenvalue weighted by Crippen LogP contribution is 2.22.